The molecule has 0 aliphatic heterocycles. The third-order valence-corrected chi connectivity index (χ3v) is 16.0. The molecule has 0 amide bonds. The lowest BCUT2D eigenvalue weighted by Gasteiger charge is -2.54. The molecule has 0 fully saturated rings. The third kappa shape index (κ3) is 6.51. The van der Waals surface area contributed by atoms with Gasteiger partial charge in [-0.15, -0.1) is 0 Å². The minimum Gasteiger partial charge on any atom is -0.310 e. The summed E-state index contributed by atoms with van der Waals surface area (Å²) in [6.45, 7) is 11.7. The Hall–Kier alpha value is -5.77. The van der Waals surface area contributed by atoms with Gasteiger partial charge >= 0.3 is 0 Å². The summed E-state index contributed by atoms with van der Waals surface area (Å²) in [6.07, 6.45) is 8.85. The Bertz CT molecular complexity index is 2790. The second kappa shape index (κ2) is 15.1. The molecule has 3 heteroatoms. The monoisotopic (exact) mass is 788 g/mol. The topological polar surface area (TPSA) is 6.48 Å². The van der Waals surface area contributed by atoms with Gasteiger partial charge in [-0.25, -0.2) is 10.0 Å². The Balaban J connectivity index is 1.27. The molecule has 0 radical (unpaired) electrons. The number of nitrogens with zero attached hydrogens (tertiary/aromatic N) is 2. The minimum atomic E-state index is -1.26. The van der Waals surface area contributed by atoms with Gasteiger partial charge in [0.05, 0.1) is 4.75 Å². The number of hydrogen-bond acceptors (Lipinski definition) is 2. The number of aryl methyl sites for hydroxylation is 2. The summed E-state index contributed by atoms with van der Waals surface area (Å²) in [7, 11) is -1.26. The van der Waals surface area contributed by atoms with Crippen LogP contribution in [-0.2, 0) is 4.75 Å². The first-order valence-corrected chi connectivity index (χ1v) is 24.0. The molecule has 0 N–H and O–H groups in total. The summed E-state index contributed by atoms with van der Waals surface area (Å²) in [5.41, 5.74) is 15.3. The average molecular weight is 789 g/mol. The molecule has 0 saturated heterocycles. The highest BCUT2D eigenvalue weighted by Gasteiger charge is 2.54. The van der Waals surface area contributed by atoms with Gasteiger partial charge < -0.3 is 9.80 Å². The first kappa shape index (κ1) is 38.7. The number of hydrogen-bond donors (Lipinski definition) is 0. The van der Waals surface area contributed by atoms with Crippen LogP contribution in [0.15, 0.2) is 170 Å². The van der Waals surface area contributed by atoms with Crippen LogP contribution in [0.1, 0.15) is 49.4 Å². The van der Waals surface area contributed by atoms with Crippen molar-refractivity contribution in [1.82, 2.24) is 0 Å². The SMILES string of the molecule is CC[C@H](C)C(C)C1(S(C)(C)C)c2cc3cc(N(c4ccccc4)c4ccc(C)cc4)ccc3cc2-c2ccc3cc(N(c4ccccc4)c4ccc(C)cc4)ccc3c21. The van der Waals surface area contributed by atoms with E-state index in [4.69, 9.17) is 0 Å². The van der Waals surface area contributed by atoms with E-state index in [0.717, 1.165) is 29.2 Å². The van der Waals surface area contributed by atoms with Crippen molar-refractivity contribution in [3.63, 3.8) is 0 Å². The molecule has 1 aliphatic rings. The summed E-state index contributed by atoms with van der Waals surface area (Å²) in [6, 6.07) is 63.6. The zero-order valence-electron chi connectivity index (χ0n) is 35.8. The highest BCUT2D eigenvalue weighted by atomic mass is 32.3. The maximum Gasteiger partial charge on any atom is 0.0544 e. The minimum absolute atomic E-state index is 0.162. The molecule has 59 heavy (non-hydrogen) atoms. The van der Waals surface area contributed by atoms with Crippen LogP contribution in [0.25, 0.3) is 32.7 Å². The fraction of sp³-hybridized carbons (Fsp3) is 0.214. The van der Waals surface area contributed by atoms with E-state index >= 15 is 0 Å². The van der Waals surface area contributed by atoms with Crippen molar-refractivity contribution < 1.29 is 0 Å². The zero-order valence-corrected chi connectivity index (χ0v) is 36.6. The van der Waals surface area contributed by atoms with Gasteiger partial charge in [0.15, 0.2) is 0 Å². The average Bonchev–Trinajstić information content (AvgIpc) is 3.55. The Morgan fingerprint density at radius 2 is 0.949 bits per heavy atom. The predicted molar refractivity (Wildman–Crippen MR) is 260 cm³/mol. The third-order valence-electron chi connectivity index (χ3n) is 13.3. The molecule has 0 heterocycles. The van der Waals surface area contributed by atoms with Crippen LogP contribution in [0.4, 0.5) is 34.1 Å². The molecular weight excluding hydrogens is 733 g/mol. The molecular formula is C56H56N2S. The van der Waals surface area contributed by atoms with Crippen molar-refractivity contribution in [2.24, 2.45) is 11.8 Å². The smallest absolute Gasteiger partial charge is 0.0544 e. The number of anilines is 6. The van der Waals surface area contributed by atoms with Gasteiger partial charge in [-0.1, -0.05) is 123 Å². The van der Waals surface area contributed by atoms with E-state index in [-0.39, 0.29) is 4.75 Å². The van der Waals surface area contributed by atoms with Crippen molar-refractivity contribution in [1.29, 1.82) is 0 Å². The van der Waals surface area contributed by atoms with Crippen LogP contribution in [0, 0.1) is 25.7 Å². The molecule has 2 nitrogen and oxygen atoms in total. The quantitative estimate of drug-likeness (QED) is 0.136. The molecule has 2 unspecified atom stereocenters. The van der Waals surface area contributed by atoms with Gasteiger partial charge in [-0.05, 0) is 173 Å². The van der Waals surface area contributed by atoms with Crippen molar-refractivity contribution in [3.05, 3.63) is 192 Å². The maximum atomic E-state index is 2.60. The molecule has 0 spiro atoms. The Morgan fingerprint density at radius 3 is 1.47 bits per heavy atom. The van der Waals surface area contributed by atoms with Crippen molar-refractivity contribution in [2.45, 2.75) is 45.8 Å². The van der Waals surface area contributed by atoms with E-state index in [2.05, 4.69) is 233 Å². The summed E-state index contributed by atoms with van der Waals surface area (Å²) in [4.78, 5) is 4.79. The van der Waals surface area contributed by atoms with Gasteiger partial charge in [0.25, 0.3) is 0 Å². The fourth-order valence-electron chi connectivity index (χ4n) is 10.0. The predicted octanol–water partition coefficient (Wildman–Crippen LogP) is 16.1. The largest absolute Gasteiger partial charge is 0.310 e. The zero-order chi connectivity index (χ0) is 41.1. The first-order valence-electron chi connectivity index (χ1n) is 21.2. The van der Waals surface area contributed by atoms with Gasteiger partial charge in [-0.2, -0.15) is 0 Å². The van der Waals surface area contributed by atoms with Gasteiger partial charge in [-0.3, -0.25) is 0 Å². The van der Waals surface area contributed by atoms with Gasteiger partial charge in [0.2, 0.25) is 0 Å². The lowest BCUT2D eigenvalue weighted by atomic mass is 9.75. The lowest BCUT2D eigenvalue weighted by molar-refractivity contribution is 0.322. The molecule has 0 saturated carbocycles. The van der Waals surface area contributed by atoms with Crippen molar-refractivity contribution >= 4 is 65.7 Å². The highest BCUT2D eigenvalue weighted by Crippen LogP contribution is 2.72. The van der Waals surface area contributed by atoms with Crippen LogP contribution in [0.5, 0.6) is 0 Å². The standard InChI is InChI=1S/C56H56N2S/c1-9-40(4)41(5)56(59(6,7)8)54-37-44-35-49(57(45-16-12-10-13-17-45)47-26-20-38(2)21-27-47)30-24-42(44)36-53(54)52-32-25-43-34-50(31-33-51(43)55(52)56)58(46-18-14-11-15-19-46)48-28-22-39(3)23-29-48/h10-37,40-41H,9H2,1-8H3/t40-,41?,56?/m0/s1. The van der Waals surface area contributed by atoms with Crippen LogP contribution in [0.3, 0.4) is 0 Å². The number of rotatable bonds is 10. The molecule has 1 aliphatic carbocycles. The van der Waals surface area contributed by atoms with Crippen LogP contribution < -0.4 is 9.80 Å². The number of para-hydroxylation sites is 2. The lowest BCUT2D eigenvalue weighted by Crippen LogP contribution is -2.40. The Morgan fingerprint density at radius 1 is 0.475 bits per heavy atom. The van der Waals surface area contributed by atoms with Crippen LogP contribution >= 0.6 is 10.0 Å². The van der Waals surface area contributed by atoms with Gasteiger partial charge in [0.1, 0.15) is 0 Å². The Labute approximate surface area is 353 Å². The van der Waals surface area contributed by atoms with E-state index in [0.29, 0.717) is 11.8 Å². The van der Waals surface area contributed by atoms with E-state index in [9.17, 15) is 0 Å². The van der Waals surface area contributed by atoms with Crippen LogP contribution in [0.2, 0.25) is 0 Å². The summed E-state index contributed by atoms with van der Waals surface area (Å²) in [5, 5.41) is 5.22. The van der Waals surface area contributed by atoms with E-state index < -0.39 is 10.0 Å². The van der Waals surface area contributed by atoms with Gasteiger partial charge in [0, 0.05) is 34.1 Å². The van der Waals surface area contributed by atoms with Crippen LogP contribution in [-0.4, -0.2) is 18.8 Å². The molecule has 8 aromatic carbocycles. The van der Waals surface area contributed by atoms with E-state index in [1.807, 2.05) is 0 Å². The summed E-state index contributed by atoms with van der Waals surface area (Å²) >= 11 is 0. The summed E-state index contributed by atoms with van der Waals surface area (Å²) in [5.74, 6) is 0.942. The molecule has 0 bridgehead atoms. The Kier molecular flexibility index (Phi) is 9.92. The number of fused-ring (bicyclic) bond motifs is 6. The normalized spacial score (nSPS) is 16.1. The maximum absolute atomic E-state index is 2.60. The second-order valence-electron chi connectivity index (χ2n) is 17.6. The van der Waals surface area contributed by atoms with Crippen molar-refractivity contribution in [3.8, 4) is 11.1 Å². The number of benzene rings is 8. The summed E-state index contributed by atoms with van der Waals surface area (Å²) < 4.78 is -0.162. The van der Waals surface area contributed by atoms with E-state index in [1.165, 1.54) is 66.3 Å². The molecule has 3 atom stereocenters. The fourth-order valence-corrected chi connectivity index (χ4v) is 13.0. The molecule has 8 aromatic rings. The van der Waals surface area contributed by atoms with E-state index in [1.54, 1.807) is 0 Å². The van der Waals surface area contributed by atoms with Crippen molar-refractivity contribution in [2.75, 3.05) is 28.6 Å². The molecule has 296 valence electrons. The highest BCUT2D eigenvalue weighted by molar-refractivity contribution is 8.33. The first-order chi connectivity index (χ1) is 28.5. The second-order valence-corrected chi connectivity index (χ2v) is 21.9. The molecule has 9 rings (SSSR count). The molecule has 0 aromatic heterocycles.